The van der Waals surface area contributed by atoms with E-state index in [-0.39, 0.29) is 73.2 Å². The third kappa shape index (κ3) is 13.4. The van der Waals surface area contributed by atoms with Crippen LogP contribution in [0.4, 0.5) is 4.79 Å². The van der Waals surface area contributed by atoms with Gasteiger partial charge in [0.25, 0.3) is 0 Å². The molecule has 2 heterocycles. The molecule has 2 aliphatic heterocycles. The van der Waals surface area contributed by atoms with Crippen molar-refractivity contribution in [3.63, 3.8) is 0 Å². The maximum absolute atomic E-state index is 14.7. The molecule has 1 aliphatic carbocycles. The first kappa shape index (κ1) is 53.8. The van der Waals surface area contributed by atoms with Gasteiger partial charge in [-0.3, -0.25) is 24.0 Å². The number of hydrogen-bond donors (Lipinski definition) is 3. The van der Waals surface area contributed by atoms with Crippen molar-refractivity contribution >= 4 is 41.6 Å². The predicted octanol–water partition coefficient (Wildman–Crippen LogP) is 4.50. The number of carboxylic acids is 1. The number of methoxy groups -OCH3 is 2. The van der Waals surface area contributed by atoms with Crippen LogP contribution in [0.1, 0.15) is 112 Å². The zero-order valence-electron chi connectivity index (χ0n) is 41.4. The van der Waals surface area contributed by atoms with Crippen molar-refractivity contribution in [3.8, 4) is 0 Å². The number of piperidine rings is 1. The number of benzene rings is 1. The number of likely N-dealkylation sites (N-methyl/N-ethyl adjacent to an activating group) is 1. The van der Waals surface area contributed by atoms with E-state index in [0.717, 1.165) is 18.4 Å². The van der Waals surface area contributed by atoms with E-state index < -0.39 is 71.9 Å². The summed E-state index contributed by atoms with van der Waals surface area (Å²) in [5.41, 5.74) is 0.0827. The molecule has 4 rings (SSSR count). The lowest BCUT2D eigenvalue weighted by molar-refractivity contribution is -0.149. The third-order valence-electron chi connectivity index (χ3n) is 13.9. The highest BCUT2D eigenvalue weighted by Crippen LogP contribution is 2.43. The fourth-order valence-electron chi connectivity index (χ4n) is 10.1. The summed E-state index contributed by atoms with van der Waals surface area (Å²) in [7, 11) is 6.25. The first-order chi connectivity index (χ1) is 31.0. The van der Waals surface area contributed by atoms with E-state index in [0.29, 0.717) is 32.2 Å². The number of carboxylic acid groups (broad SMARTS) is 1. The van der Waals surface area contributed by atoms with Gasteiger partial charge in [0, 0.05) is 60.3 Å². The Hall–Kier alpha value is -4.77. The van der Waals surface area contributed by atoms with Crippen molar-refractivity contribution in [2.45, 2.75) is 167 Å². The standard InChI is InChI=1S/C49H78N6O11/c1-13-30(4)41(37(64-11)28-39(57)54-24-17-20-36(54)43(65-12)31(5)44(58)50-35(47(61)62)26-32-18-15-14-16-19-32)53(10)46(60)40(29(2)3)51-45(59)42-33-21-22-34(27-33)55(42)38(56)23-25-52(9)48(63)66-49(6,7)8/h14-16,18-19,29-31,33-37,40-43H,13,17,20-28H2,1-12H3,(H,50,58)(H,51,59)(H,61,62)/t30-,31+,33-,34-,35-,36-,37+,40-,41-,42-,43+/m0/s1. The summed E-state index contributed by atoms with van der Waals surface area (Å²) < 4.78 is 17.4. The van der Waals surface area contributed by atoms with E-state index in [1.165, 1.54) is 19.1 Å². The van der Waals surface area contributed by atoms with E-state index in [1.807, 2.05) is 45.9 Å². The van der Waals surface area contributed by atoms with Crippen molar-refractivity contribution in [1.29, 1.82) is 0 Å². The number of carbonyl (C=O) groups is 7. The third-order valence-corrected chi connectivity index (χ3v) is 13.9. The largest absolute Gasteiger partial charge is 0.480 e. The number of rotatable bonds is 22. The SMILES string of the molecule is CC[C@H](C)[C@@H]([C@@H](CC(=O)N1CCC[C@H]1[C@H](OC)[C@@H](C)C(=O)N[C@@H](Cc1ccccc1)C(=O)O)OC)N(C)C(=O)[C@@H](NC(=O)[C@@H]1[C@H]2CC[C@@H](C2)N1C(=O)CCN(C)C(=O)OC(C)(C)C)C(C)C. The van der Waals surface area contributed by atoms with Gasteiger partial charge in [0.2, 0.25) is 29.5 Å². The molecule has 370 valence electrons. The molecule has 17 heteroatoms. The molecule has 11 atom stereocenters. The number of aliphatic carboxylic acids is 1. The molecule has 3 N–H and O–H groups in total. The van der Waals surface area contributed by atoms with Gasteiger partial charge in [0.15, 0.2) is 0 Å². The first-order valence-corrected chi connectivity index (χ1v) is 23.8. The second kappa shape index (κ2) is 23.8. The number of nitrogens with one attached hydrogen (secondary N) is 2. The van der Waals surface area contributed by atoms with Crippen LogP contribution in [-0.4, -0.2) is 162 Å². The summed E-state index contributed by atoms with van der Waals surface area (Å²) >= 11 is 0. The highest BCUT2D eigenvalue weighted by atomic mass is 16.6. The molecule has 0 aromatic heterocycles. The van der Waals surface area contributed by atoms with Crippen LogP contribution in [-0.2, 0) is 49.4 Å². The van der Waals surface area contributed by atoms with Crippen molar-refractivity contribution in [3.05, 3.63) is 35.9 Å². The Morgan fingerprint density at radius 3 is 2.15 bits per heavy atom. The van der Waals surface area contributed by atoms with Crippen LogP contribution in [0.15, 0.2) is 30.3 Å². The summed E-state index contributed by atoms with van der Waals surface area (Å²) in [6.45, 7) is 15.2. The Morgan fingerprint density at radius 2 is 1.58 bits per heavy atom. The molecule has 2 saturated heterocycles. The zero-order valence-corrected chi connectivity index (χ0v) is 41.4. The molecular formula is C49H78N6O11. The van der Waals surface area contributed by atoms with E-state index in [9.17, 15) is 38.7 Å². The van der Waals surface area contributed by atoms with Crippen LogP contribution in [0.5, 0.6) is 0 Å². The molecule has 3 fully saturated rings. The number of ether oxygens (including phenoxy) is 3. The molecule has 2 bridgehead atoms. The minimum absolute atomic E-state index is 0.0206. The van der Waals surface area contributed by atoms with Crippen LogP contribution in [0.2, 0.25) is 0 Å². The number of nitrogens with zero attached hydrogens (tertiary/aromatic N) is 4. The maximum atomic E-state index is 14.7. The summed E-state index contributed by atoms with van der Waals surface area (Å²) in [6, 6.07) is 5.07. The molecule has 1 saturated carbocycles. The topological polar surface area (TPSA) is 204 Å². The maximum Gasteiger partial charge on any atom is 0.410 e. The lowest BCUT2D eigenvalue weighted by Gasteiger charge is -2.41. The minimum Gasteiger partial charge on any atom is -0.480 e. The Morgan fingerprint density at radius 1 is 0.909 bits per heavy atom. The van der Waals surface area contributed by atoms with Crippen LogP contribution in [0.3, 0.4) is 0 Å². The van der Waals surface area contributed by atoms with E-state index in [1.54, 1.807) is 68.6 Å². The normalized spacial score (nSPS) is 22.4. The van der Waals surface area contributed by atoms with Gasteiger partial charge < -0.3 is 49.6 Å². The smallest absolute Gasteiger partial charge is 0.410 e. The van der Waals surface area contributed by atoms with Crippen LogP contribution < -0.4 is 10.6 Å². The van der Waals surface area contributed by atoms with Crippen molar-refractivity contribution in [2.75, 3.05) is 41.4 Å². The number of likely N-dealkylation sites (tertiary alicyclic amines) is 2. The fourth-order valence-corrected chi connectivity index (χ4v) is 10.1. The van der Waals surface area contributed by atoms with Gasteiger partial charge in [-0.15, -0.1) is 0 Å². The Labute approximate surface area is 392 Å². The monoisotopic (exact) mass is 927 g/mol. The van der Waals surface area contributed by atoms with Gasteiger partial charge in [-0.1, -0.05) is 71.4 Å². The zero-order chi connectivity index (χ0) is 49.2. The van der Waals surface area contributed by atoms with E-state index in [2.05, 4.69) is 10.6 Å². The molecule has 0 spiro atoms. The minimum atomic E-state index is -1.16. The highest BCUT2D eigenvalue weighted by Gasteiger charge is 2.52. The highest BCUT2D eigenvalue weighted by molar-refractivity contribution is 5.93. The van der Waals surface area contributed by atoms with Gasteiger partial charge in [0.1, 0.15) is 23.7 Å². The van der Waals surface area contributed by atoms with E-state index in [4.69, 9.17) is 14.2 Å². The van der Waals surface area contributed by atoms with Gasteiger partial charge in [-0.2, -0.15) is 0 Å². The summed E-state index contributed by atoms with van der Waals surface area (Å²) in [5, 5.41) is 15.7. The van der Waals surface area contributed by atoms with Crippen molar-refractivity contribution < 1.29 is 52.9 Å². The van der Waals surface area contributed by atoms with Crippen LogP contribution in [0.25, 0.3) is 0 Å². The molecule has 66 heavy (non-hydrogen) atoms. The number of carbonyl (C=O) groups excluding carboxylic acids is 6. The Kier molecular flexibility index (Phi) is 19.4. The first-order valence-electron chi connectivity index (χ1n) is 23.8. The second-order valence-electron chi connectivity index (χ2n) is 20.0. The molecule has 1 aromatic rings. The summed E-state index contributed by atoms with van der Waals surface area (Å²) in [6.07, 6.45) is 2.23. The average Bonchev–Trinajstić information content (AvgIpc) is 4.04. The van der Waals surface area contributed by atoms with Gasteiger partial charge >= 0.3 is 12.1 Å². The van der Waals surface area contributed by atoms with Crippen molar-refractivity contribution in [2.24, 2.45) is 23.7 Å². The second-order valence-corrected chi connectivity index (χ2v) is 20.0. The summed E-state index contributed by atoms with van der Waals surface area (Å²) in [5.74, 6) is -4.13. The molecule has 0 unspecified atom stereocenters. The Balaban J connectivity index is 1.46. The molecule has 1 aromatic carbocycles. The number of amides is 6. The molecule has 6 amide bonds. The molecule has 17 nitrogen and oxygen atoms in total. The fraction of sp³-hybridized carbons (Fsp3) is 0.735. The van der Waals surface area contributed by atoms with Gasteiger partial charge in [0.05, 0.1) is 36.6 Å². The lowest BCUT2D eigenvalue weighted by atomic mass is 9.89. The average molecular weight is 927 g/mol. The van der Waals surface area contributed by atoms with E-state index >= 15 is 0 Å². The van der Waals surface area contributed by atoms with Gasteiger partial charge in [-0.25, -0.2) is 9.59 Å². The van der Waals surface area contributed by atoms with Crippen LogP contribution in [0, 0.1) is 23.7 Å². The molecule has 3 aliphatic rings. The van der Waals surface area contributed by atoms with Crippen molar-refractivity contribution in [1.82, 2.24) is 30.2 Å². The summed E-state index contributed by atoms with van der Waals surface area (Å²) in [4.78, 5) is 102. The van der Waals surface area contributed by atoms with Crippen LogP contribution >= 0.6 is 0 Å². The Bertz CT molecular complexity index is 1840. The lowest BCUT2D eigenvalue weighted by Crippen LogP contribution is -2.60. The van der Waals surface area contributed by atoms with Gasteiger partial charge in [-0.05, 0) is 76.2 Å². The number of fused-ring (bicyclic) bond motifs is 2. The molecular weight excluding hydrogens is 849 g/mol. The predicted molar refractivity (Wildman–Crippen MR) is 248 cm³/mol. The molecule has 0 radical (unpaired) electrons. The number of hydrogen-bond acceptors (Lipinski definition) is 10. The quantitative estimate of drug-likeness (QED) is 0.148.